The van der Waals surface area contributed by atoms with Gasteiger partial charge in [-0.25, -0.2) is 0 Å². The van der Waals surface area contributed by atoms with Crippen LogP contribution < -0.4 is 0 Å². The van der Waals surface area contributed by atoms with Gasteiger partial charge in [-0.1, -0.05) is 231 Å². The van der Waals surface area contributed by atoms with Gasteiger partial charge in [-0.15, -0.1) is 11.3 Å². The summed E-state index contributed by atoms with van der Waals surface area (Å²) in [4.78, 5) is 0. The normalized spacial score (nSPS) is 11.9. The first-order valence-electron chi connectivity index (χ1n) is 29.3. The number of hydrogen-bond donors (Lipinski definition) is 0. The van der Waals surface area contributed by atoms with Crippen LogP contribution in [0.4, 0.5) is 0 Å². The first kappa shape index (κ1) is 48.8. The number of para-hydroxylation sites is 6. The zero-order chi connectivity index (χ0) is 57.4. The Kier molecular flexibility index (Phi) is 10.6. The fourth-order valence-corrected chi connectivity index (χ4v) is 15.6. The van der Waals surface area contributed by atoms with Gasteiger partial charge < -0.3 is 18.3 Å². The van der Waals surface area contributed by atoms with Crippen molar-refractivity contribution in [3.8, 4) is 68.3 Å². The van der Waals surface area contributed by atoms with Gasteiger partial charge in [-0.2, -0.15) is 10.5 Å². The van der Waals surface area contributed by atoms with Crippen molar-refractivity contribution in [3.05, 3.63) is 290 Å². The van der Waals surface area contributed by atoms with Gasteiger partial charge >= 0.3 is 0 Å². The second-order valence-corrected chi connectivity index (χ2v) is 23.5. The lowest BCUT2D eigenvalue weighted by Gasteiger charge is -2.27. The van der Waals surface area contributed by atoms with Gasteiger partial charge in [0.15, 0.2) is 0 Å². The van der Waals surface area contributed by atoms with Crippen LogP contribution in [0.2, 0.25) is 0 Å². The number of fused-ring (bicyclic) bond motifs is 16. The third-order valence-electron chi connectivity index (χ3n) is 18.1. The zero-order valence-corrected chi connectivity index (χ0v) is 47.5. The highest BCUT2D eigenvalue weighted by Crippen LogP contribution is 2.51. The molecule has 0 unspecified atom stereocenters. The summed E-state index contributed by atoms with van der Waals surface area (Å²) in [5.41, 5.74) is 17.3. The number of aromatic nitrogens is 4. The Morgan fingerprint density at radius 3 is 1.06 bits per heavy atom. The average Bonchev–Trinajstić information content (AvgIpc) is 1.65. The first-order valence-corrected chi connectivity index (χ1v) is 30.1. The Labute approximate surface area is 502 Å². The van der Waals surface area contributed by atoms with E-state index in [1.54, 1.807) is 11.3 Å². The molecule has 0 bridgehead atoms. The molecule has 18 rings (SSSR count). The smallest absolute Gasteiger partial charge is 0.104 e. The molecule has 0 N–H and O–H groups in total. The Morgan fingerprint density at radius 1 is 0.253 bits per heavy atom. The van der Waals surface area contributed by atoms with Crippen LogP contribution in [0.5, 0.6) is 0 Å². The van der Waals surface area contributed by atoms with Crippen LogP contribution in [0.15, 0.2) is 279 Å². The summed E-state index contributed by atoms with van der Waals surface area (Å²) in [6, 6.07) is 105. The number of hydrogen-bond acceptors (Lipinski definition) is 3. The number of thiophene rings is 1. The summed E-state index contributed by atoms with van der Waals surface area (Å²) in [7, 11) is 0. The molecule has 0 saturated carbocycles. The molecule has 0 amide bonds. The lowest BCUT2D eigenvalue weighted by molar-refractivity contribution is 1.03. The predicted octanol–water partition coefficient (Wildman–Crippen LogP) is 21.2. The Balaban J connectivity index is 1.08. The summed E-state index contributed by atoms with van der Waals surface area (Å²) in [5, 5.41) is 36.6. The Hall–Kier alpha value is -11.7. The molecule has 18 aromatic rings. The summed E-state index contributed by atoms with van der Waals surface area (Å²) in [6.07, 6.45) is 0. The molecule has 13 aromatic carbocycles. The zero-order valence-electron chi connectivity index (χ0n) is 46.6. The molecule has 5 aromatic heterocycles. The van der Waals surface area contributed by atoms with Crippen molar-refractivity contribution >= 4 is 119 Å². The van der Waals surface area contributed by atoms with E-state index in [1.807, 2.05) is 0 Å². The van der Waals surface area contributed by atoms with Crippen molar-refractivity contribution in [1.29, 1.82) is 10.5 Å². The third-order valence-corrected chi connectivity index (χ3v) is 19.3. The van der Waals surface area contributed by atoms with E-state index in [-0.39, 0.29) is 0 Å². The summed E-state index contributed by atoms with van der Waals surface area (Å²) in [5.74, 6) is 0. The van der Waals surface area contributed by atoms with Gasteiger partial charge in [0.2, 0.25) is 0 Å². The molecule has 0 saturated heterocycles. The number of nitriles is 2. The van der Waals surface area contributed by atoms with E-state index in [1.165, 1.54) is 10.3 Å². The standard InChI is InChI=1S/C80H46N6S/c81-47-65-75(83-67-31-13-6-24-55(67)56-25-7-14-32-68(56)83)76(84-69-33-15-8-26-57(69)58-27-9-16-34-70(58)84)66(48-82)78(77(65)85-71-35-17-10-28-59(71)60-29-11-18-36-72(60)85)86-73-46-52(42-43-61(73)63-44-45-64-62-30-12-19-37-74(62)87-80(64)79(63)86)54-23-5-4-22-53(54)51-40-38-50(39-41-51)49-20-2-1-3-21-49/h1-46H. The lowest BCUT2D eigenvalue weighted by atomic mass is 9.93. The van der Waals surface area contributed by atoms with E-state index in [0.29, 0.717) is 33.9 Å². The summed E-state index contributed by atoms with van der Waals surface area (Å²) < 4.78 is 11.5. The van der Waals surface area contributed by atoms with E-state index in [4.69, 9.17) is 0 Å². The molecule has 87 heavy (non-hydrogen) atoms. The molecular weight excluding hydrogens is 1080 g/mol. The molecule has 0 spiro atoms. The quantitative estimate of drug-likeness (QED) is 0.160. The third kappa shape index (κ3) is 6.95. The molecule has 5 heterocycles. The van der Waals surface area contributed by atoms with E-state index >= 15 is 0 Å². The molecule has 0 fully saturated rings. The van der Waals surface area contributed by atoms with Gasteiger partial charge in [-0.05, 0) is 81.9 Å². The fraction of sp³-hybridized carbons (Fsp3) is 0. The second-order valence-electron chi connectivity index (χ2n) is 22.5. The molecule has 402 valence electrons. The minimum absolute atomic E-state index is 0.412. The van der Waals surface area contributed by atoms with Crippen LogP contribution in [0, 0.1) is 22.7 Å². The molecule has 7 heteroatoms. The molecule has 0 atom stereocenters. The maximum absolute atomic E-state index is 13.1. The van der Waals surface area contributed by atoms with Crippen LogP contribution in [0.25, 0.3) is 164 Å². The van der Waals surface area contributed by atoms with Gasteiger partial charge in [-0.3, -0.25) is 0 Å². The molecule has 0 aliphatic carbocycles. The maximum Gasteiger partial charge on any atom is 0.104 e. The van der Waals surface area contributed by atoms with Crippen molar-refractivity contribution in [3.63, 3.8) is 0 Å². The van der Waals surface area contributed by atoms with Gasteiger partial charge in [0, 0.05) is 58.6 Å². The lowest BCUT2D eigenvalue weighted by Crippen LogP contribution is -2.16. The highest BCUT2D eigenvalue weighted by Gasteiger charge is 2.35. The highest BCUT2D eigenvalue weighted by molar-refractivity contribution is 7.26. The van der Waals surface area contributed by atoms with Crippen LogP contribution in [-0.2, 0) is 0 Å². The first-order chi connectivity index (χ1) is 43.1. The molecule has 0 aliphatic heterocycles. The van der Waals surface area contributed by atoms with Crippen molar-refractivity contribution in [2.45, 2.75) is 0 Å². The van der Waals surface area contributed by atoms with E-state index < -0.39 is 0 Å². The second kappa shape index (κ2) is 18.9. The fourth-order valence-electron chi connectivity index (χ4n) is 14.4. The minimum atomic E-state index is 0.412. The molecule has 0 aliphatic rings. The van der Waals surface area contributed by atoms with Crippen molar-refractivity contribution in [1.82, 2.24) is 18.3 Å². The Bertz CT molecular complexity index is 5870. The number of nitrogens with zero attached hydrogens (tertiary/aromatic N) is 6. The highest BCUT2D eigenvalue weighted by atomic mass is 32.1. The van der Waals surface area contributed by atoms with Gasteiger partial charge in [0.25, 0.3) is 0 Å². The van der Waals surface area contributed by atoms with Gasteiger partial charge in [0.05, 0.1) is 71.6 Å². The summed E-state index contributed by atoms with van der Waals surface area (Å²) in [6.45, 7) is 0. The van der Waals surface area contributed by atoms with Crippen molar-refractivity contribution in [2.75, 3.05) is 0 Å². The van der Waals surface area contributed by atoms with Crippen LogP contribution in [0.1, 0.15) is 11.1 Å². The predicted molar refractivity (Wildman–Crippen MR) is 362 cm³/mol. The van der Waals surface area contributed by atoms with E-state index in [2.05, 4.69) is 309 Å². The largest absolute Gasteiger partial charge is 0.306 e. The minimum Gasteiger partial charge on any atom is -0.306 e. The molecule has 0 radical (unpaired) electrons. The van der Waals surface area contributed by atoms with Crippen molar-refractivity contribution < 1.29 is 0 Å². The number of benzene rings is 13. The summed E-state index contributed by atoms with van der Waals surface area (Å²) >= 11 is 1.77. The maximum atomic E-state index is 13.1. The topological polar surface area (TPSA) is 67.3 Å². The average molecular weight is 1120 g/mol. The Morgan fingerprint density at radius 2 is 0.586 bits per heavy atom. The van der Waals surface area contributed by atoms with Crippen LogP contribution in [-0.4, -0.2) is 18.3 Å². The molecule has 6 nitrogen and oxygen atoms in total. The molecular formula is C80H46N6S. The van der Waals surface area contributed by atoms with Crippen LogP contribution >= 0.6 is 11.3 Å². The monoisotopic (exact) mass is 1120 g/mol. The van der Waals surface area contributed by atoms with Gasteiger partial charge in [0.1, 0.15) is 23.3 Å². The van der Waals surface area contributed by atoms with E-state index in [0.717, 1.165) is 131 Å². The number of rotatable bonds is 7. The van der Waals surface area contributed by atoms with Crippen LogP contribution in [0.3, 0.4) is 0 Å². The van der Waals surface area contributed by atoms with E-state index in [9.17, 15) is 10.5 Å². The SMILES string of the molecule is N#Cc1c(-n2c3ccccc3c3ccccc32)c(-n2c3ccccc3c3ccccc32)c(C#N)c(-n2c3cc(-c4ccccc4-c4ccc(-c5ccccc5)cc4)ccc3c3ccc4c5ccccc5sc4c32)c1-n1c2ccccc2c2ccccc21. The van der Waals surface area contributed by atoms with Crippen molar-refractivity contribution in [2.24, 2.45) is 0 Å².